The molecule has 2 nitrogen and oxygen atoms in total. The van der Waals surface area contributed by atoms with Crippen LogP contribution in [0.3, 0.4) is 0 Å². The highest BCUT2D eigenvalue weighted by molar-refractivity contribution is 14.1. The van der Waals surface area contributed by atoms with Crippen molar-refractivity contribution < 1.29 is 9.50 Å². The van der Waals surface area contributed by atoms with Gasteiger partial charge in [0.2, 0.25) is 0 Å². The Labute approximate surface area is 116 Å². The Bertz CT molecular complexity index is 370. The lowest BCUT2D eigenvalue weighted by molar-refractivity contribution is 0.127. The minimum atomic E-state index is -0.690. The first kappa shape index (κ1) is 14.9. The predicted octanol–water partition coefficient (Wildman–Crippen LogP) is 3.23. The van der Waals surface area contributed by atoms with Crippen molar-refractivity contribution in [1.82, 2.24) is 0 Å². The molecule has 0 aliphatic rings. The third-order valence-electron chi connectivity index (χ3n) is 2.77. The Morgan fingerprint density at radius 2 is 2.00 bits per heavy atom. The second-order valence-corrected chi connectivity index (χ2v) is 5.98. The average molecular weight is 351 g/mol. The van der Waals surface area contributed by atoms with Crippen molar-refractivity contribution in [2.45, 2.75) is 38.8 Å². The maximum absolute atomic E-state index is 13.6. The summed E-state index contributed by atoms with van der Waals surface area (Å²) >= 11 is 2.11. The van der Waals surface area contributed by atoms with E-state index >= 15 is 0 Å². The van der Waals surface area contributed by atoms with Crippen LogP contribution in [-0.2, 0) is 0 Å². The van der Waals surface area contributed by atoms with Crippen LogP contribution in [0.25, 0.3) is 0 Å². The second kappa shape index (κ2) is 6.66. The van der Waals surface area contributed by atoms with E-state index in [9.17, 15) is 9.50 Å². The molecule has 3 N–H and O–H groups in total. The third-order valence-corrected chi connectivity index (χ3v) is 3.44. The molecule has 4 heteroatoms. The summed E-state index contributed by atoms with van der Waals surface area (Å²) in [6.07, 6.45) is 0.801. The Kier molecular flexibility index (Phi) is 5.82. The molecule has 17 heavy (non-hydrogen) atoms. The van der Waals surface area contributed by atoms with Gasteiger partial charge in [-0.25, -0.2) is 4.39 Å². The fraction of sp³-hybridized carbons (Fsp3) is 0.538. The average Bonchev–Trinajstić information content (AvgIpc) is 2.28. The van der Waals surface area contributed by atoms with Gasteiger partial charge in [0.05, 0.1) is 12.1 Å². The van der Waals surface area contributed by atoms with Gasteiger partial charge in [-0.05, 0) is 59.5 Å². The molecule has 0 saturated heterocycles. The van der Waals surface area contributed by atoms with E-state index in [1.165, 1.54) is 6.07 Å². The molecule has 0 bridgehead atoms. The summed E-state index contributed by atoms with van der Waals surface area (Å²) in [7, 11) is 0. The van der Waals surface area contributed by atoms with Gasteiger partial charge in [0.15, 0.2) is 0 Å². The second-order valence-electron chi connectivity index (χ2n) is 4.73. The van der Waals surface area contributed by atoms with Crippen LogP contribution in [-0.4, -0.2) is 11.2 Å². The summed E-state index contributed by atoms with van der Waals surface area (Å²) in [6, 6.07) is 4.13. The van der Waals surface area contributed by atoms with E-state index < -0.39 is 12.1 Å². The monoisotopic (exact) mass is 351 g/mol. The van der Waals surface area contributed by atoms with Crippen LogP contribution in [0.4, 0.5) is 4.39 Å². The van der Waals surface area contributed by atoms with Gasteiger partial charge in [-0.3, -0.25) is 0 Å². The molecular formula is C13H19FINO. The number of aliphatic hydroxyl groups is 1. The highest BCUT2D eigenvalue weighted by Crippen LogP contribution is 2.23. The van der Waals surface area contributed by atoms with Crippen LogP contribution in [0.15, 0.2) is 18.2 Å². The molecule has 0 saturated carbocycles. The Morgan fingerprint density at radius 3 is 2.59 bits per heavy atom. The number of hydrogen-bond donors (Lipinski definition) is 2. The molecule has 0 spiro atoms. The first-order chi connectivity index (χ1) is 7.91. The zero-order valence-electron chi connectivity index (χ0n) is 10.2. The molecule has 0 fully saturated rings. The molecule has 0 unspecified atom stereocenters. The van der Waals surface area contributed by atoms with Gasteiger partial charge < -0.3 is 10.8 Å². The first-order valence-corrected chi connectivity index (χ1v) is 6.88. The van der Waals surface area contributed by atoms with Crippen molar-refractivity contribution in [3.05, 3.63) is 33.1 Å². The summed E-state index contributed by atoms with van der Waals surface area (Å²) in [5.74, 6) is 0.166. The van der Waals surface area contributed by atoms with E-state index in [1.54, 1.807) is 12.1 Å². The fourth-order valence-corrected chi connectivity index (χ4v) is 2.18. The zero-order valence-corrected chi connectivity index (χ0v) is 12.3. The zero-order chi connectivity index (χ0) is 13.0. The predicted molar refractivity (Wildman–Crippen MR) is 76.1 cm³/mol. The van der Waals surface area contributed by atoms with Crippen LogP contribution in [0.2, 0.25) is 0 Å². The van der Waals surface area contributed by atoms with E-state index in [2.05, 4.69) is 36.4 Å². The largest absolute Gasteiger partial charge is 0.391 e. The minimum Gasteiger partial charge on any atom is -0.391 e. The summed E-state index contributed by atoms with van der Waals surface area (Å²) < 4.78 is 14.5. The number of rotatable bonds is 5. The minimum absolute atomic E-state index is 0.346. The summed E-state index contributed by atoms with van der Waals surface area (Å²) in [6.45, 7) is 4.18. The molecule has 0 aliphatic carbocycles. The van der Waals surface area contributed by atoms with Crippen molar-refractivity contribution in [3.63, 3.8) is 0 Å². The molecule has 1 rings (SSSR count). The normalized spacial score (nSPS) is 15.0. The number of aliphatic hydroxyl groups excluding tert-OH is 1. The van der Waals surface area contributed by atoms with Gasteiger partial charge in [-0.1, -0.05) is 13.8 Å². The van der Waals surface area contributed by atoms with E-state index in [1.807, 2.05) is 0 Å². The summed E-state index contributed by atoms with van der Waals surface area (Å²) in [4.78, 5) is 0. The molecule has 0 heterocycles. The number of benzene rings is 1. The number of halogens is 2. The van der Waals surface area contributed by atoms with Crippen LogP contribution >= 0.6 is 22.6 Å². The lowest BCUT2D eigenvalue weighted by Gasteiger charge is -2.20. The lowest BCUT2D eigenvalue weighted by atomic mass is 9.96. The highest BCUT2D eigenvalue weighted by atomic mass is 127. The number of hydrogen-bond acceptors (Lipinski definition) is 2. The molecule has 96 valence electrons. The smallest absolute Gasteiger partial charge is 0.128 e. The molecule has 0 aromatic heterocycles. The van der Waals surface area contributed by atoms with Crippen molar-refractivity contribution >= 4 is 22.6 Å². The molecule has 2 atom stereocenters. The molecule has 0 aliphatic heterocycles. The van der Waals surface area contributed by atoms with E-state index in [0.717, 1.165) is 9.99 Å². The Morgan fingerprint density at radius 1 is 1.35 bits per heavy atom. The molecule has 0 amide bonds. The topological polar surface area (TPSA) is 46.2 Å². The van der Waals surface area contributed by atoms with Crippen LogP contribution in [0, 0.1) is 15.3 Å². The van der Waals surface area contributed by atoms with Gasteiger partial charge in [-0.15, -0.1) is 0 Å². The van der Waals surface area contributed by atoms with Crippen molar-refractivity contribution in [2.75, 3.05) is 0 Å². The van der Waals surface area contributed by atoms with Gasteiger partial charge in [0.25, 0.3) is 0 Å². The van der Waals surface area contributed by atoms with E-state index in [0.29, 0.717) is 17.9 Å². The van der Waals surface area contributed by atoms with E-state index in [4.69, 9.17) is 5.73 Å². The van der Waals surface area contributed by atoms with Crippen molar-refractivity contribution in [1.29, 1.82) is 0 Å². The van der Waals surface area contributed by atoms with Gasteiger partial charge >= 0.3 is 0 Å². The quantitative estimate of drug-likeness (QED) is 0.801. The van der Waals surface area contributed by atoms with Gasteiger partial charge in [0.1, 0.15) is 5.82 Å². The Balaban J connectivity index is 2.74. The van der Waals surface area contributed by atoms with Gasteiger partial charge in [-0.2, -0.15) is 0 Å². The van der Waals surface area contributed by atoms with Crippen molar-refractivity contribution in [3.8, 4) is 0 Å². The maximum atomic E-state index is 13.6. The van der Waals surface area contributed by atoms with Gasteiger partial charge in [0, 0.05) is 9.13 Å². The molecule has 0 radical (unpaired) electrons. The number of nitrogens with two attached hydrogens (primary N) is 1. The van der Waals surface area contributed by atoms with Crippen LogP contribution in [0.5, 0.6) is 0 Å². The Hall–Kier alpha value is -0.200. The summed E-state index contributed by atoms with van der Waals surface area (Å²) in [5.41, 5.74) is 6.30. The molecule has 1 aromatic carbocycles. The first-order valence-electron chi connectivity index (χ1n) is 5.80. The lowest BCUT2D eigenvalue weighted by Crippen LogP contribution is -2.27. The van der Waals surface area contributed by atoms with E-state index in [-0.39, 0.29) is 5.82 Å². The third kappa shape index (κ3) is 4.52. The summed E-state index contributed by atoms with van der Waals surface area (Å²) in [5, 5.41) is 9.94. The molecule has 1 aromatic rings. The SMILES string of the molecule is CC(C)CC[C@@H](O)[C@@H](N)c1cc(I)ccc1F. The van der Waals surface area contributed by atoms with Crippen molar-refractivity contribution in [2.24, 2.45) is 11.7 Å². The maximum Gasteiger partial charge on any atom is 0.128 e. The highest BCUT2D eigenvalue weighted by Gasteiger charge is 2.20. The van der Waals surface area contributed by atoms with Crippen LogP contribution in [0.1, 0.15) is 38.3 Å². The standard InChI is InChI=1S/C13H19FINO/c1-8(2)3-6-12(17)13(16)10-7-9(15)4-5-11(10)14/h4-5,7-8,12-13,17H,3,6,16H2,1-2H3/t12-,13+/m1/s1. The molecular weight excluding hydrogens is 332 g/mol. The van der Waals surface area contributed by atoms with Crippen LogP contribution < -0.4 is 5.73 Å². The fourth-order valence-electron chi connectivity index (χ4n) is 1.66.